The van der Waals surface area contributed by atoms with E-state index in [1.54, 1.807) is 6.20 Å². The summed E-state index contributed by atoms with van der Waals surface area (Å²) >= 11 is 0. The van der Waals surface area contributed by atoms with E-state index in [9.17, 15) is 24.9 Å². The summed E-state index contributed by atoms with van der Waals surface area (Å²) in [6, 6.07) is 8.70. The third kappa shape index (κ3) is 7.96. The van der Waals surface area contributed by atoms with Crippen molar-refractivity contribution in [2.45, 2.75) is 116 Å². The van der Waals surface area contributed by atoms with Gasteiger partial charge in [-0.2, -0.15) is 10.5 Å². The van der Waals surface area contributed by atoms with Crippen LogP contribution in [-0.2, 0) is 27.2 Å². The van der Waals surface area contributed by atoms with Crippen LogP contribution >= 0.6 is 0 Å². The first kappa shape index (κ1) is 40.9. The molecule has 1 amide bonds. The highest BCUT2D eigenvalue weighted by Crippen LogP contribution is 2.51. The number of anilines is 2. The second kappa shape index (κ2) is 15.8. The number of pyridine rings is 2. The summed E-state index contributed by atoms with van der Waals surface area (Å²) in [7, 11) is 0. The van der Waals surface area contributed by atoms with E-state index in [0.717, 1.165) is 110 Å². The molecule has 8 aliphatic rings. The number of nitrogens with two attached hydrogens (primary N) is 1. The number of rotatable bonds is 5. The number of amides is 1. The molecule has 3 N–H and O–H groups in total. The Morgan fingerprint density at radius 2 is 1.15 bits per heavy atom. The molecule has 320 valence electrons. The fraction of sp³-hybridized carbons (Fsp3) is 0.596. The van der Waals surface area contributed by atoms with E-state index >= 15 is 0 Å². The first-order chi connectivity index (χ1) is 29.2. The van der Waals surface area contributed by atoms with Gasteiger partial charge < -0.3 is 35.4 Å². The van der Waals surface area contributed by atoms with Crippen LogP contribution in [0.25, 0.3) is 11.4 Å². The Balaban J connectivity index is 0.000000160. The molecule has 10 rings (SSSR count). The summed E-state index contributed by atoms with van der Waals surface area (Å²) < 4.78 is 5.34. The molecule has 14 nitrogen and oxygen atoms in total. The fourth-order valence-corrected chi connectivity index (χ4v) is 10.7. The van der Waals surface area contributed by atoms with Crippen molar-refractivity contribution in [1.82, 2.24) is 25.1 Å². The number of alkyl carbamates (subject to hydrolysis) is 1. The van der Waals surface area contributed by atoms with Crippen molar-refractivity contribution < 1.29 is 19.1 Å². The van der Waals surface area contributed by atoms with Crippen LogP contribution in [-0.4, -0.2) is 107 Å². The minimum atomic E-state index is -0.529. The Labute approximate surface area is 358 Å². The van der Waals surface area contributed by atoms with Gasteiger partial charge in [0.1, 0.15) is 40.5 Å². The number of ketones is 2. The summed E-state index contributed by atoms with van der Waals surface area (Å²) in [6.45, 7) is 12.1. The highest BCUT2D eigenvalue weighted by molar-refractivity contribution is 6.10. The molecule has 6 fully saturated rings. The maximum absolute atomic E-state index is 12.8. The first-order valence-corrected chi connectivity index (χ1v) is 22.3. The molecule has 2 spiro atoms. The lowest BCUT2D eigenvalue weighted by molar-refractivity contribution is -0.115. The normalized spacial score (nSPS) is 23.0. The highest BCUT2D eigenvalue weighted by Gasteiger charge is 2.43. The molecule has 0 aromatic carbocycles. The molecule has 2 aromatic rings. The SMILES string of the molecule is CC(C)(C)OC(=O)NC1CN(c2cc3c(cn2)CC(=O)C(C#N)=C3N2CCC3(CCC3)CC2)C1.N#CC1=C(N2CCC3(CCC3)CC2)c2cc(N3CC(N)C3)ncc2CC1=O. The van der Waals surface area contributed by atoms with Crippen LogP contribution in [0.3, 0.4) is 0 Å². The van der Waals surface area contributed by atoms with Crippen LogP contribution < -0.4 is 20.9 Å². The van der Waals surface area contributed by atoms with Gasteiger partial charge in [-0.05, 0) is 106 Å². The van der Waals surface area contributed by atoms with Crippen LogP contribution in [0.1, 0.15) is 107 Å². The molecule has 6 heterocycles. The van der Waals surface area contributed by atoms with Gasteiger partial charge >= 0.3 is 6.09 Å². The van der Waals surface area contributed by atoms with Gasteiger partial charge in [-0.3, -0.25) is 9.59 Å². The number of hydrogen-bond donors (Lipinski definition) is 2. The molecule has 2 aromatic heterocycles. The molecule has 4 aliphatic carbocycles. The number of nitriles is 2. The average Bonchev–Trinajstić information content (AvgIpc) is 3.18. The highest BCUT2D eigenvalue weighted by atomic mass is 16.6. The molecule has 4 saturated heterocycles. The van der Waals surface area contributed by atoms with Crippen molar-refractivity contribution >= 4 is 40.7 Å². The van der Waals surface area contributed by atoms with Crippen molar-refractivity contribution in [1.29, 1.82) is 10.5 Å². The molecule has 61 heavy (non-hydrogen) atoms. The monoisotopic (exact) mass is 826 g/mol. The number of Topliss-reactive ketones (excluding diaryl/α,β-unsaturated/α-hetero) is 2. The molecular formula is C47H58N10O4. The van der Waals surface area contributed by atoms with E-state index in [1.165, 1.54) is 38.5 Å². The summed E-state index contributed by atoms with van der Waals surface area (Å²) in [5, 5.41) is 22.5. The lowest BCUT2D eigenvalue weighted by Crippen LogP contribution is -2.60. The van der Waals surface area contributed by atoms with Crippen molar-refractivity contribution in [3.05, 3.63) is 57.9 Å². The van der Waals surface area contributed by atoms with Gasteiger partial charge in [-0.15, -0.1) is 0 Å². The predicted octanol–water partition coefficient (Wildman–Crippen LogP) is 5.28. The zero-order valence-electron chi connectivity index (χ0n) is 35.9. The topological polar surface area (TPSA) is 185 Å². The molecule has 0 atom stereocenters. The smallest absolute Gasteiger partial charge is 0.407 e. The number of ether oxygens (including phenoxy) is 1. The van der Waals surface area contributed by atoms with Gasteiger partial charge in [-0.25, -0.2) is 14.8 Å². The largest absolute Gasteiger partial charge is 0.444 e. The standard InChI is InChI=1S/C26H33N5O3.C21H25N5O/c1-25(2,3)34-24(33)29-18-15-31(16-18)22-12-19-17(14-28-22)11-21(32)20(13-27)23(19)30-9-7-26(8-10-30)5-4-6-26;22-10-17-18(27)8-14-11-24-19(26-12-15(23)13-26)9-16(14)20(17)25-6-4-21(5-7-25)2-1-3-21/h12,14,18H,4-11,15-16H2,1-3H3,(H,29,33);9,11,15H,1-8,12-13,23H2. The number of likely N-dealkylation sites (tertiary alicyclic amines) is 2. The van der Waals surface area contributed by atoms with E-state index in [-0.39, 0.29) is 42.1 Å². The Kier molecular flexibility index (Phi) is 10.6. The quantitative estimate of drug-likeness (QED) is 0.398. The molecular weight excluding hydrogens is 769 g/mol. The summed E-state index contributed by atoms with van der Waals surface area (Å²) in [5.41, 5.74) is 12.4. The van der Waals surface area contributed by atoms with Crippen molar-refractivity contribution in [2.75, 3.05) is 62.2 Å². The van der Waals surface area contributed by atoms with Crippen molar-refractivity contribution in [3.8, 4) is 12.1 Å². The number of piperidine rings is 2. The minimum absolute atomic E-state index is 0.000275. The lowest BCUT2D eigenvalue weighted by Gasteiger charge is -2.49. The van der Waals surface area contributed by atoms with Crippen LogP contribution in [0.2, 0.25) is 0 Å². The van der Waals surface area contributed by atoms with E-state index < -0.39 is 11.7 Å². The van der Waals surface area contributed by atoms with E-state index in [2.05, 4.69) is 53.1 Å². The van der Waals surface area contributed by atoms with Crippen molar-refractivity contribution in [2.24, 2.45) is 16.6 Å². The number of nitrogens with one attached hydrogen (secondary N) is 1. The number of allylic oxidation sites excluding steroid dienone is 2. The zero-order valence-corrected chi connectivity index (χ0v) is 35.9. The van der Waals surface area contributed by atoms with Crippen molar-refractivity contribution in [3.63, 3.8) is 0 Å². The van der Waals surface area contributed by atoms with Crippen LogP contribution in [0.5, 0.6) is 0 Å². The van der Waals surface area contributed by atoms with E-state index in [0.29, 0.717) is 29.5 Å². The van der Waals surface area contributed by atoms with Crippen LogP contribution in [0.4, 0.5) is 16.4 Å². The number of aromatic nitrogens is 2. The van der Waals surface area contributed by atoms with Gasteiger partial charge in [-0.1, -0.05) is 12.8 Å². The Hall–Kier alpha value is -5.47. The van der Waals surface area contributed by atoms with E-state index in [1.807, 2.05) is 33.0 Å². The summed E-state index contributed by atoms with van der Waals surface area (Å²) in [6.07, 6.45) is 16.2. The second-order valence-corrected chi connectivity index (χ2v) is 19.9. The second-order valence-electron chi connectivity index (χ2n) is 19.9. The van der Waals surface area contributed by atoms with Gasteiger partial charge in [0.2, 0.25) is 0 Å². The number of nitrogens with zero attached hydrogens (tertiary/aromatic N) is 8. The predicted molar refractivity (Wildman–Crippen MR) is 231 cm³/mol. The summed E-state index contributed by atoms with van der Waals surface area (Å²) in [5.74, 6) is 1.50. The molecule has 0 unspecified atom stereocenters. The lowest BCUT2D eigenvalue weighted by atomic mass is 9.63. The minimum Gasteiger partial charge on any atom is -0.444 e. The van der Waals surface area contributed by atoms with Gasteiger partial charge in [0, 0.05) is 94.8 Å². The fourth-order valence-electron chi connectivity index (χ4n) is 10.7. The Bertz CT molecular complexity index is 2260. The van der Waals surface area contributed by atoms with Crippen LogP contribution in [0, 0.1) is 33.5 Å². The summed E-state index contributed by atoms with van der Waals surface area (Å²) in [4.78, 5) is 55.4. The number of hydrogen-bond acceptors (Lipinski definition) is 13. The van der Waals surface area contributed by atoms with E-state index in [4.69, 9.17) is 10.5 Å². The first-order valence-electron chi connectivity index (χ1n) is 22.3. The number of carbonyl (C=O) groups excluding carboxylic acids is 3. The molecule has 0 bridgehead atoms. The Morgan fingerprint density at radius 3 is 1.51 bits per heavy atom. The zero-order chi connectivity index (χ0) is 42.7. The third-order valence-corrected chi connectivity index (χ3v) is 14.7. The maximum Gasteiger partial charge on any atom is 0.407 e. The Morgan fingerprint density at radius 1 is 0.721 bits per heavy atom. The number of fused-ring (bicyclic) bond motifs is 2. The maximum atomic E-state index is 12.8. The average molecular weight is 827 g/mol. The molecule has 14 heteroatoms. The van der Waals surface area contributed by atoms with Crippen LogP contribution in [0.15, 0.2) is 35.7 Å². The molecule has 2 saturated carbocycles. The van der Waals surface area contributed by atoms with Gasteiger partial charge in [0.05, 0.1) is 17.4 Å². The van der Waals surface area contributed by atoms with Gasteiger partial charge in [0.25, 0.3) is 0 Å². The number of carbonyl (C=O) groups is 3. The van der Waals surface area contributed by atoms with Gasteiger partial charge in [0.15, 0.2) is 11.6 Å². The molecule has 4 aliphatic heterocycles. The molecule has 0 radical (unpaired) electrons. The third-order valence-electron chi connectivity index (χ3n) is 14.7.